The van der Waals surface area contributed by atoms with Gasteiger partial charge in [0.25, 0.3) is 0 Å². The van der Waals surface area contributed by atoms with Gasteiger partial charge in [0.05, 0.1) is 18.5 Å². The van der Waals surface area contributed by atoms with E-state index in [0.29, 0.717) is 17.2 Å². The van der Waals surface area contributed by atoms with Gasteiger partial charge in [-0.3, -0.25) is 4.72 Å². The highest BCUT2D eigenvalue weighted by Crippen LogP contribution is 2.20. The molecule has 0 saturated heterocycles. The van der Waals surface area contributed by atoms with Crippen molar-refractivity contribution in [2.45, 2.75) is 27.3 Å². The minimum absolute atomic E-state index is 0.189. The van der Waals surface area contributed by atoms with Crippen molar-refractivity contribution in [3.05, 3.63) is 47.0 Å². The Balaban J connectivity index is 2.03. The second kappa shape index (κ2) is 7.47. The first kappa shape index (κ1) is 18.7. The molecule has 0 spiro atoms. The topological polar surface area (TPSA) is 113 Å². The molecule has 1 heterocycles. The summed E-state index contributed by atoms with van der Waals surface area (Å²) in [6.07, 6.45) is 1.07. The number of benzene rings is 1. The first-order chi connectivity index (χ1) is 11.6. The van der Waals surface area contributed by atoms with Crippen LogP contribution in [0, 0.1) is 20.8 Å². The molecule has 9 heteroatoms. The quantitative estimate of drug-likeness (QED) is 0.753. The highest BCUT2D eigenvalue weighted by molar-refractivity contribution is 7.92. The molecule has 1 aromatic heterocycles. The maximum atomic E-state index is 12.1. The van der Waals surface area contributed by atoms with Gasteiger partial charge >= 0.3 is 6.03 Å². The minimum Gasteiger partial charge on any atom is -0.331 e. The molecule has 1 aromatic carbocycles. The van der Waals surface area contributed by atoms with Crippen LogP contribution in [0.2, 0.25) is 0 Å². The zero-order chi connectivity index (χ0) is 18.6. The minimum atomic E-state index is -3.38. The fourth-order valence-electron chi connectivity index (χ4n) is 2.24. The van der Waals surface area contributed by atoms with Crippen molar-refractivity contribution in [1.82, 2.24) is 15.3 Å². The van der Waals surface area contributed by atoms with Crippen LogP contribution in [0.4, 0.5) is 16.2 Å². The smallest absolute Gasteiger partial charge is 0.319 e. The molecule has 0 radical (unpaired) electrons. The third-order valence-corrected chi connectivity index (χ3v) is 3.83. The van der Waals surface area contributed by atoms with Gasteiger partial charge in [-0.25, -0.2) is 23.2 Å². The van der Waals surface area contributed by atoms with Crippen LogP contribution in [0.1, 0.15) is 22.8 Å². The second-order valence-corrected chi connectivity index (χ2v) is 7.53. The van der Waals surface area contributed by atoms with Crippen LogP contribution in [0.3, 0.4) is 0 Å². The summed E-state index contributed by atoms with van der Waals surface area (Å²) in [5.41, 5.74) is 3.35. The number of hydrogen-bond acceptors (Lipinski definition) is 5. The van der Waals surface area contributed by atoms with Crippen LogP contribution in [0.25, 0.3) is 0 Å². The molecule has 0 aliphatic heterocycles. The van der Waals surface area contributed by atoms with Crippen molar-refractivity contribution in [3.63, 3.8) is 0 Å². The zero-order valence-electron chi connectivity index (χ0n) is 14.5. The lowest BCUT2D eigenvalue weighted by Gasteiger charge is -2.12. The molecule has 2 rings (SSSR count). The Morgan fingerprint density at radius 2 is 1.72 bits per heavy atom. The van der Waals surface area contributed by atoms with Crippen molar-refractivity contribution >= 4 is 27.4 Å². The van der Waals surface area contributed by atoms with E-state index in [1.54, 1.807) is 18.2 Å². The molecule has 0 aliphatic carbocycles. The predicted octanol–water partition coefficient (Wildman–Crippen LogP) is 2.10. The molecule has 0 fully saturated rings. The van der Waals surface area contributed by atoms with Gasteiger partial charge in [0.15, 0.2) is 0 Å². The lowest BCUT2D eigenvalue weighted by Crippen LogP contribution is -2.29. The van der Waals surface area contributed by atoms with E-state index in [1.807, 2.05) is 26.8 Å². The number of sulfonamides is 1. The normalized spacial score (nSPS) is 11.0. The monoisotopic (exact) mass is 363 g/mol. The Labute approximate surface area is 147 Å². The summed E-state index contributed by atoms with van der Waals surface area (Å²) in [4.78, 5) is 20.6. The number of nitrogens with zero attached hydrogens (tertiary/aromatic N) is 2. The molecule has 0 unspecified atom stereocenters. The molecule has 2 aromatic rings. The van der Waals surface area contributed by atoms with Crippen molar-refractivity contribution in [1.29, 1.82) is 0 Å². The van der Waals surface area contributed by atoms with Crippen molar-refractivity contribution in [3.8, 4) is 0 Å². The van der Waals surface area contributed by atoms with Crippen LogP contribution in [0.5, 0.6) is 0 Å². The number of rotatable bonds is 5. The van der Waals surface area contributed by atoms with Gasteiger partial charge in [-0.05, 0) is 44.5 Å². The number of amides is 2. The molecular formula is C16H21N5O3S. The number of anilines is 2. The van der Waals surface area contributed by atoms with Crippen LogP contribution in [-0.4, -0.2) is 30.7 Å². The number of aryl methyl sites for hydroxylation is 3. The Hall–Kier alpha value is -2.68. The highest BCUT2D eigenvalue weighted by Gasteiger charge is 2.09. The van der Waals surface area contributed by atoms with Gasteiger partial charge in [0, 0.05) is 17.1 Å². The number of aromatic nitrogens is 2. The summed E-state index contributed by atoms with van der Waals surface area (Å²) >= 11 is 0. The average Bonchev–Trinajstić information content (AvgIpc) is 2.46. The van der Waals surface area contributed by atoms with Crippen molar-refractivity contribution in [2.24, 2.45) is 0 Å². The summed E-state index contributed by atoms with van der Waals surface area (Å²) < 4.78 is 25.0. The van der Waals surface area contributed by atoms with Crippen molar-refractivity contribution < 1.29 is 13.2 Å². The molecule has 25 heavy (non-hydrogen) atoms. The zero-order valence-corrected chi connectivity index (χ0v) is 15.4. The van der Waals surface area contributed by atoms with E-state index >= 15 is 0 Å². The first-order valence-electron chi connectivity index (χ1n) is 7.57. The molecule has 134 valence electrons. The first-order valence-corrected chi connectivity index (χ1v) is 9.46. The second-order valence-electron chi connectivity index (χ2n) is 5.78. The Morgan fingerprint density at radius 1 is 1.08 bits per heavy atom. The van der Waals surface area contributed by atoms with Gasteiger partial charge < -0.3 is 10.6 Å². The summed E-state index contributed by atoms with van der Waals surface area (Å²) in [5.74, 6) is 0.525. The number of nitrogens with one attached hydrogen (secondary N) is 3. The van der Waals surface area contributed by atoms with Crippen LogP contribution >= 0.6 is 0 Å². The number of hydrogen-bond donors (Lipinski definition) is 3. The van der Waals surface area contributed by atoms with Crippen molar-refractivity contribution in [2.75, 3.05) is 16.3 Å². The van der Waals surface area contributed by atoms with E-state index in [-0.39, 0.29) is 6.54 Å². The number of urea groups is 1. The van der Waals surface area contributed by atoms with Gasteiger partial charge in [0.1, 0.15) is 5.82 Å². The fourth-order valence-corrected chi connectivity index (χ4v) is 2.79. The highest BCUT2D eigenvalue weighted by atomic mass is 32.2. The lowest BCUT2D eigenvalue weighted by molar-refractivity contribution is 0.251. The van der Waals surface area contributed by atoms with E-state index in [9.17, 15) is 13.2 Å². The van der Waals surface area contributed by atoms with Crippen LogP contribution < -0.4 is 15.4 Å². The Morgan fingerprint density at radius 3 is 2.32 bits per heavy atom. The summed E-state index contributed by atoms with van der Waals surface area (Å²) in [6.45, 7) is 5.73. The van der Waals surface area contributed by atoms with Gasteiger partial charge in [-0.15, -0.1) is 0 Å². The van der Waals surface area contributed by atoms with E-state index in [4.69, 9.17) is 0 Å². The molecular weight excluding hydrogens is 342 g/mol. The Kier molecular flexibility index (Phi) is 5.58. The maximum Gasteiger partial charge on any atom is 0.319 e. The predicted molar refractivity (Wildman–Crippen MR) is 97.0 cm³/mol. The number of carbonyl (C=O) groups is 1. The molecule has 8 nitrogen and oxygen atoms in total. The fraction of sp³-hybridized carbons (Fsp3) is 0.312. The summed E-state index contributed by atoms with van der Waals surface area (Å²) in [7, 11) is -3.38. The molecule has 0 atom stereocenters. The Bertz CT molecular complexity index is 876. The standard InChI is InChI=1S/C16H21N5O3S/c1-10-5-6-13(21-25(4,23)24)8-14(10)20-16(22)17-9-15-18-11(2)7-12(3)19-15/h5-8,21H,9H2,1-4H3,(H2,17,20,22). The van der Waals surface area contributed by atoms with Gasteiger partial charge in [-0.1, -0.05) is 6.07 Å². The number of carbonyl (C=O) groups excluding carboxylic acids is 1. The summed E-state index contributed by atoms with van der Waals surface area (Å²) in [6, 6.07) is 6.33. The molecule has 0 aliphatic rings. The van der Waals surface area contributed by atoms with E-state index in [0.717, 1.165) is 23.2 Å². The third kappa shape index (κ3) is 6.03. The molecule has 0 saturated carbocycles. The molecule has 2 amide bonds. The maximum absolute atomic E-state index is 12.1. The average molecular weight is 363 g/mol. The third-order valence-electron chi connectivity index (χ3n) is 3.22. The van der Waals surface area contributed by atoms with Gasteiger partial charge in [-0.2, -0.15) is 0 Å². The van der Waals surface area contributed by atoms with Crippen LogP contribution in [-0.2, 0) is 16.6 Å². The summed E-state index contributed by atoms with van der Waals surface area (Å²) in [5, 5.41) is 5.38. The largest absolute Gasteiger partial charge is 0.331 e. The van der Waals surface area contributed by atoms with E-state index in [2.05, 4.69) is 25.3 Å². The van der Waals surface area contributed by atoms with E-state index in [1.165, 1.54) is 0 Å². The lowest BCUT2D eigenvalue weighted by atomic mass is 10.2. The van der Waals surface area contributed by atoms with Crippen LogP contribution in [0.15, 0.2) is 24.3 Å². The SMILES string of the molecule is Cc1cc(C)nc(CNC(=O)Nc2cc(NS(C)(=O)=O)ccc2C)n1. The molecule has 0 bridgehead atoms. The van der Waals surface area contributed by atoms with E-state index < -0.39 is 16.1 Å². The van der Waals surface area contributed by atoms with Gasteiger partial charge in [0.2, 0.25) is 10.0 Å². The molecule has 3 N–H and O–H groups in total.